The molecule has 1 amide bonds. The number of hydrogen-bond donors (Lipinski definition) is 3. The molecule has 0 aliphatic heterocycles. The van der Waals surface area contributed by atoms with Gasteiger partial charge in [0.25, 0.3) is 5.91 Å². The highest BCUT2D eigenvalue weighted by Crippen LogP contribution is 2.25. The first-order valence-electron chi connectivity index (χ1n) is 8.89. The lowest BCUT2D eigenvalue weighted by Crippen LogP contribution is -2.14. The van der Waals surface area contributed by atoms with Gasteiger partial charge in [-0.1, -0.05) is 18.2 Å². The fourth-order valence-electron chi connectivity index (χ4n) is 2.77. The molecule has 142 valence electrons. The first kappa shape index (κ1) is 18.1. The summed E-state index contributed by atoms with van der Waals surface area (Å²) in [5, 5.41) is 15.7. The van der Waals surface area contributed by atoms with Crippen molar-refractivity contribution >= 4 is 23.2 Å². The van der Waals surface area contributed by atoms with E-state index in [1.54, 1.807) is 24.5 Å². The minimum absolute atomic E-state index is 0.0574. The largest absolute Gasteiger partial charge is 0.505 e. The molecule has 3 aromatic heterocycles. The lowest BCUT2D eigenvalue weighted by molar-refractivity contribution is 0.101. The molecule has 0 fully saturated rings. The van der Waals surface area contributed by atoms with Crippen LogP contribution in [0.5, 0.6) is 5.75 Å². The van der Waals surface area contributed by atoms with Crippen LogP contribution in [0.25, 0.3) is 11.1 Å². The van der Waals surface area contributed by atoms with Crippen LogP contribution in [0.3, 0.4) is 0 Å². The molecular formula is C22H17N5O2. The molecule has 7 heteroatoms. The first-order valence-corrected chi connectivity index (χ1v) is 8.89. The predicted octanol–water partition coefficient (Wildman–Crippen LogP) is 4.24. The number of aromatic hydroxyl groups is 1. The Morgan fingerprint density at radius 1 is 0.759 bits per heavy atom. The Kier molecular flexibility index (Phi) is 5.11. The second kappa shape index (κ2) is 8.18. The van der Waals surface area contributed by atoms with Crippen LogP contribution in [0.1, 0.15) is 10.5 Å². The second-order valence-electron chi connectivity index (χ2n) is 6.18. The van der Waals surface area contributed by atoms with Gasteiger partial charge in [-0.05, 0) is 59.7 Å². The van der Waals surface area contributed by atoms with Gasteiger partial charge < -0.3 is 15.7 Å². The number of hydrogen-bond acceptors (Lipinski definition) is 6. The molecule has 0 radical (unpaired) electrons. The van der Waals surface area contributed by atoms with Gasteiger partial charge in [-0.25, -0.2) is 15.0 Å². The number of amides is 1. The summed E-state index contributed by atoms with van der Waals surface area (Å²) < 4.78 is 0. The summed E-state index contributed by atoms with van der Waals surface area (Å²) in [5.41, 5.74) is 2.66. The molecule has 0 saturated carbocycles. The van der Waals surface area contributed by atoms with Crippen LogP contribution in [0.2, 0.25) is 0 Å². The van der Waals surface area contributed by atoms with Crippen molar-refractivity contribution in [3.63, 3.8) is 0 Å². The number of carbonyl (C=O) groups is 1. The highest BCUT2D eigenvalue weighted by Gasteiger charge is 2.13. The van der Waals surface area contributed by atoms with Gasteiger partial charge in [-0.2, -0.15) is 0 Å². The number of aromatic nitrogens is 3. The lowest BCUT2D eigenvalue weighted by atomic mass is 10.1. The van der Waals surface area contributed by atoms with Crippen molar-refractivity contribution in [2.45, 2.75) is 0 Å². The van der Waals surface area contributed by atoms with Crippen LogP contribution in [-0.4, -0.2) is 26.0 Å². The van der Waals surface area contributed by atoms with Gasteiger partial charge in [-0.15, -0.1) is 0 Å². The van der Waals surface area contributed by atoms with E-state index in [9.17, 15) is 9.90 Å². The molecule has 0 aliphatic carbocycles. The number of anilines is 3. The summed E-state index contributed by atoms with van der Waals surface area (Å²) >= 11 is 0. The van der Waals surface area contributed by atoms with Gasteiger partial charge in [-0.3, -0.25) is 4.79 Å². The SMILES string of the molecule is O=C(Nc1cc(-c2ccnc(Nc3ccccc3)c2)ccn1)c1ncccc1O. The van der Waals surface area contributed by atoms with E-state index in [2.05, 4.69) is 25.6 Å². The Hall–Kier alpha value is -4.26. The average Bonchev–Trinajstić information content (AvgIpc) is 2.75. The van der Waals surface area contributed by atoms with E-state index in [-0.39, 0.29) is 11.4 Å². The van der Waals surface area contributed by atoms with E-state index >= 15 is 0 Å². The predicted molar refractivity (Wildman–Crippen MR) is 111 cm³/mol. The zero-order valence-corrected chi connectivity index (χ0v) is 15.3. The average molecular weight is 383 g/mol. The van der Waals surface area contributed by atoms with Crippen molar-refractivity contribution in [3.8, 4) is 16.9 Å². The molecule has 0 spiro atoms. The Balaban J connectivity index is 1.55. The second-order valence-corrected chi connectivity index (χ2v) is 6.18. The van der Waals surface area contributed by atoms with Gasteiger partial charge in [0.15, 0.2) is 5.69 Å². The number of carbonyl (C=O) groups excluding carboxylic acids is 1. The third kappa shape index (κ3) is 4.36. The number of nitrogens with one attached hydrogen (secondary N) is 2. The summed E-state index contributed by atoms with van der Waals surface area (Å²) in [6.07, 6.45) is 4.76. The molecule has 0 unspecified atom stereocenters. The van der Waals surface area contributed by atoms with E-state index in [0.29, 0.717) is 11.6 Å². The molecule has 0 saturated heterocycles. The molecule has 0 aliphatic rings. The van der Waals surface area contributed by atoms with Crippen LogP contribution in [0.4, 0.5) is 17.3 Å². The van der Waals surface area contributed by atoms with Gasteiger partial charge in [0, 0.05) is 24.3 Å². The van der Waals surface area contributed by atoms with Gasteiger partial charge in [0.1, 0.15) is 17.4 Å². The van der Waals surface area contributed by atoms with Crippen molar-refractivity contribution in [1.29, 1.82) is 0 Å². The standard InChI is InChI=1S/C22H17N5O2/c28-18-7-4-10-25-21(18)22(29)27-20-14-16(9-12-24-20)15-8-11-23-19(13-15)26-17-5-2-1-3-6-17/h1-14,28H,(H,23,26)(H,24,27,29). The molecule has 4 aromatic rings. The van der Waals surface area contributed by atoms with Crippen LogP contribution < -0.4 is 10.6 Å². The molecule has 0 atom stereocenters. The van der Waals surface area contributed by atoms with Gasteiger partial charge in [0.05, 0.1) is 0 Å². The highest BCUT2D eigenvalue weighted by molar-refractivity contribution is 6.04. The third-order valence-corrected chi connectivity index (χ3v) is 4.14. The molecule has 3 N–H and O–H groups in total. The fraction of sp³-hybridized carbons (Fsp3) is 0. The normalized spacial score (nSPS) is 10.3. The first-order chi connectivity index (χ1) is 14.2. The number of benzene rings is 1. The number of rotatable bonds is 5. The van der Waals surface area contributed by atoms with Gasteiger partial charge >= 0.3 is 0 Å². The summed E-state index contributed by atoms with van der Waals surface area (Å²) in [7, 11) is 0. The summed E-state index contributed by atoms with van der Waals surface area (Å²) in [6, 6.07) is 20.1. The fourth-order valence-corrected chi connectivity index (χ4v) is 2.77. The zero-order chi connectivity index (χ0) is 20.1. The van der Waals surface area contributed by atoms with Crippen LogP contribution in [0.15, 0.2) is 85.3 Å². The Morgan fingerprint density at radius 3 is 2.17 bits per heavy atom. The quantitative estimate of drug-likeness (QED) is 0.477. The Bertz CT molecular complexity index is 1150. The molecule has 3 heterocycles. The van der Waals surface area contributed by atoms with E-state index in [1.165, 1.54) is 12.3 Å². The van der Waals surface area contributed by atoms with Crippen molar-refractivity contribution in [2.24, 2.45) is 0 Å². The van der Waals surface area contributed by atoms with E-state index < -0.39 is 5.91 Å². The molecule has 1 aromatic carbocycles. The van der Waals surface area contributed by atoms with Crippen molar-refractivity contribution in [2.75, 3.05) is 10.6 Å². The third-order valence-electron chi connectivity index (χ3n) is 4.14. The Labute approximate surface area is 167 Å². The summed E-state index contributed by atoms with van der Waals surface area (Å²) in [4.78, 5) is 24.8. The monoisotopic (exact) mass is 383 g/mol. The minimum atomic E-state index is -0.533. The van der Waals surface area contributed by atoms with Crippen LogP contribution in [0, 0.1) is 0 Å². The summed E-state index contributed by atoms with van der Waals surface area (Å²) in [5.74, 6) is 0.335. The summed E-state index contributed by atoms with van der Waals surface area (Å²) in [6.45, 7) is 0. The maximum absolute atomic E-state index is 12.3. The molecule has 29 heavy (non-hydrogen) atoms. The van der Waals surface area contributed by atoms with E-state index in [0.717, 1.165) is 16.8 Å². The lowest BCUT2D eigenvalue weighted by Gasteiger charge is -2.09. The zero-order valence-electron chi connectivity index (χ0n) is 15.3. The van der Waals surface area contributed by atoms with Gasteiger partial charge in [0.2, 0.25) is 0 Å². The number of nitrogens with zero attached hydrogens (tertiary/aromatic N) is 3. The van der Waals surface area contributed by atoms with Crippen LogP contribution in [-0.2, 0) is 0 Å². The maximum Gasteiger partial charge on any atom is 0.279 e. The number of para-hydroxylation sites is 1. The Morgan fingerprint density at radius 2 is 1.45 bits per heavy atom. The van der Waals surface area contributed by atoms with E-state index in [4.69, 9.17) is 0 Å². The molecule has 0 bridgehead atoms. The molecular weight excluding hydrogens is 366 g/mol. The maximum atomic E-state index is 12.3. The van der Waals surface area contributed by atoms with Crippen molar-refractivity contribution in [3.05, 3.63) is 91.0 Å². The smallest absolute Gasteiger partial charge is 0.279 e. The van der Waals surface area contributed by atoms with Crippen molar-refractivity contribution < 1.29 is 9.90 Å². The van der Waals surface area contributed by atoms with Crippen LogP contribution >= 0.6 is 0 Å². The number of pyridine rings is 3. The molecule has 4 rings (SSSR count). The minimum Gasteiger partial charge on any atom is -0.505 e. The van der Waals surface area contributed by atoms with Crippen molar-refractivity contribution in [1.82, 2.24) is 15.0 Å². The molecule has 7 nitrogen and oxygen atoms in total. The topological polar surface area (TPSA) is 100 Å². The highest BCUT2D eigenvalue weighted by atomic mass is 16.3. The van der Waals surface area contributed by atoms with E-state index in [1.807, 2.05) is 48.5 Å².